The quantitative estimate of drug-likeness (QED) is 0.564. The van der Waals surface area contributed by atoms with E-state index in [9.17, 15) is 9.59 Å². The van der Waals surface area contributed by atoms with Crippen LogP contribution in [0.15, 0.2) is 72.8 Å². The van der Waals surface area contributed by atoms with Gasteiger partial charge in [-0.1, -0.05) is 54.1 Å². The van der Waals surface area contributed by atoms with Gasteiger partial charge in [-0.3, -0.25) is 9.59 Å². The van der Waals surface area contributed by atoms with Gasteiger partial charge in [-0.05, 0) is 47.0 Å². The Balaban J connectivity index is 1.60. The molecule has 0 saturated heterocycles. The van der Waals surface area contributed by atoms with Crippen molar-refractivity contribution in [2.45, 2.75) is 19.4 Å². The number of nitrogens with one attached hydrogen (secondary N) is 1. The van der Waals surface area contributed by atoms with Gasteiger partial charge in [0.2, 0.25) is 5.91 Å². The van der Waals surface area contributed by atoms with Crippen LogP contribution in [-0.4, -0.2) is 17.0 Å². The summed E-state index contributed by atoms with van der Waals surface area (Å²) in [5.41, 5.74) is 2.86. The summed E-state index contributed by atoms with van der Waals surface area (Å²) in [6.07, 6.45) is 0.00400. The minimum absolute atomic E-state index is 0.148. The summed E-state index contributed by atoms with van der Waals surface area (Å²) in [5.74, 6) is -0.508. The highest BCUT2D eigenvalue weighted by atomic mass is 35.5. The van der Waals surface area contributed by atoms with Gasteiger partial charge in [0.15, 0.2) is 0 Å². The fourth-order valence-electron chi connectivity index (χ4n) is 2.83. The van der Waals surface area contributed by atoms with Crippen LogP contribution >= 0.6 is 11.6 Å². The van der Waals surface area contributed by atoms with E-state index in [4.69, 9.17) is 21.4 Å². The molecule has 0 aliphatic rings. The number of carbonyl (C=O) groups excluding carboxylic acids is 1. The van der Waals surface area contributed by atoms with Crippen molar-refractivity contribution in [3.05, 3.63) is 94.5 Å². The molecule has 0 heterocycles. The van der Waals surface area contributed by atoms with Gasteiger partial charge in [0.1, 0.15) is 12.4 Å². The van der Waals surface area contributed by atoms with Crippen molar-refractivity contribution in [1.82, 2.24) is 0 Å². The molecule has 0 unspecified atom stereocenters. The van der Waals surface area contributed by atoms with Crippen LogP contribution in [0.2, 0.25) is 5.02 Å². The Morgan fingerprint density at radius 2 is 1.66 bits per heavy atom. The number of benzene rings is 3. The van der Waals surface area contributed by atoms with Gasteiger partial charge >= 0.3 is 5.97 Å². The van der Waals surface area contributed by atoms with Gasteiger partial charge in [0, 0.05) is 10.7 Å². The average Bonchev–Trinajstić information content (AvgIpc) is 2.69. The van der Waals surface area contributed by atoms with Crippen molar-refractivity contribution in [2.75, 3.05) is 5.32 Å². The number of anilines is 1. The van der Waals surface area contributed by atoms with Crippen molar-refractivity contribution in [2.24, 2.45) is 0 Å². The number of halogens is 1. The average molecular weight is 410 g/mol. The SMILES string of the molecule is O=C(O)Cc1ccccc1NC(=O)Cc1cccc(OCc2ccc(Cl)cc2)c1. The van der Waals surface area contributed by atoms with Crippen LogP contribution in [0.5, 0.6) is 5.75 Å². The maximum absolute atomic E-state index is 12.4. The smallest absolute Gasteiger partial charge is 0.307 e. The number of aliphatic carboxylic acids is 1. The van der Waals surface area contributed by atoms with Crippen LogP contribution < -0.4 is 10.1 Å². The standard InChI is InChI=1S/C23H20ClNO4/c24-19-10-8-16(9-11-19)15-29-20-6-3-4-17(12-20)13-22(26)25-21-7-2-1-5-18(21)14-23(27)28/h1-12H,13-15H2,(H,25,26)(H,27,28). The molecule has 3 aromatic rings. The highest BCUT2D eigenvalue weighted by Gasteiger charge is 2.10. The second-order valence-electron chi connectivity index (χ2n) is 6.52. The summed E-state index contributed by atoms with van der Waals surface area (Å²) in [6, 6.07) is 21.6. The minimum Gasteiger partial charge on any atom is -0.489 e. The van der Waals surface area contributed by atoms with Gasteiger partial charge in [0.05, 0.1) is 12.8 Å². The molecule has 3 rings (SSSR count). The first kappa shape index (κ1) is 20.4. The molecule has 0 spiro atoms. The Kier molecular flexibility index (Phi) is 6.87. The number of amides is 1. The van der Waals surface area contributed by atoms with Gasteiger partial charge in [-0.2, -0.15) is 0 Å². The number of hydrogen-bond donors (Lipinski definition) is 2. The monoisotopic (exact) mass is 409 g/mol. The third kappa shape index (κ3) is 6.36. The number of carboxylic acids is 1. The topological polar surface area (TPSA) is 75.6 Å². The number of carboxylic acid groups (broad SMARTS) is 1. The van der Waals surface area contributed by atoms with E-state index in [1.54, 1.807) is 24.3 Å². The number of rotatable bonds is 8. The molecule has 3 aromatic carbocycles. The Labute approximate surface area is 173 Å². The Morgan fingerprint density at radius 3 is 2.41 bits per heavy atom. The Hall–Kier alpha value is -3.31. The highest BCUT2D eigenvalue weighted by Crippen LogP contribution is 2.19. The summed E-state index contributed by atoms with van der Waals surface area (Å²) in [6.45, 7) is 0.398. The lowest BCUT2D eigenvalue weighted by Crippen LogP contribution is -2.16. The molecular formula is C23H20ClNO4. The molecule has 5 nitrogen and oxygen atoms in total. The first-order valence-electron chi connectivity index (χ1n) is 9.05. The zero-order valence-corrected chi connectivity index (χ0v) is 16.4. The van der Waals surface area contributed by atoms with E-state index in [0.29, 0.717) is 28.6 Å². The molecule has 0 aliphatic carbocycles. The van der Waals surface area contributed by atoms with Crippen LogP contribution in [0.1, 0.15) is 16.7 Å². The molecule has 0 bridgehead atoms. The van der Waals surface area contributed by atoms with E-state index in [-0.39, 0.29) is 18.7 Å². The van der Waals surface area contributed by atoms with Gasteiger partial charge in [-0.25, -0.2) is 0 Å². The van der Waals surface area contributed by atoms with Crippen molar-refractivity contribution in [3.8, 4) is 5.75 Å². The molecule has 6 heteroatoms. The second kappa shape index (κ2) is 9.75. The maximum Gasteiger partial charge on any atom is 0.307 e. The van der Waals surface area contributed by atoms with Crippen molar-refractivity contribution in [3.63, 3.8) is 0 Å². The van der Waals surface area contributed by atoms with E-state index in [1.165, 1.54) is 0 Å². The van der Waals surface area contributed by atoms with E-state index in [2.05, 4.69) is 5.32 Å². The van der Waals surface area contributed by atoms with Crippen LogP contribution in [-0.2, 0) is 29.0 Å². The summed E-state index contributed by atoms with van der Waals surface area (Å²) in [5, 5.41) is 12.5. The second-order valence-corrected chi connectivity index (χ2v) is 6.95. The summed E-state index contributed by atoms with van der Waals surface area (Å²) in [4.78, 5) is 23.4. The first-order chi connectivity index (χ1) is 14.0. The molecule has 29 heavy (non-hydrogen) atoms. The third-order valence-electron chi connectivity index (χ3n) is 4.22. The summed E-state index contributed by atoms with van der Waals surface area (Å²) >= 11 is 5.88. The minimum atomic E-state index is -0.947. The Bertz CT molecular complexity index is 1000. The predicted octanol–water partition coefficient (Wildman–Crippen LogP) is 4.73. The molecule has 0 saturated carbocycles. The predicted molar refractivity (Wildman–Crippen MR) is 112 cm³/mol. The lowest BCUT2D eigenvalue weighted by molar-refractivity contribution is -0.136. The number of ether oxygens (including phenoxy) is 1. The molecular weight excluding hydrogens is 390 g/mol. The van der Waals surface area contributed by atoms with E-state index in [0.717, 1.165) is 11.1 Å². The number of para-hydroxylation sites is 1. The first-order valence-corrected chi connectivity index (χ1v) is 9.43. The summed E-state index contributed by atoms with van der Waals surface area (Å²) < 4.78 is 5.80. The zero-order valence-electron chi connectivity index (χ0n) is 15.6. The van der Waals surface area contributed by atoms with E-state index >= 15 is 0 Å². The normalized spacial score (nSPS) is 10.4. The van der Waals surface area contributed by atoms with Crippen LogP contribution in [0.3, 0.4) is 0 Å². The van der Waals surface area contributed by atoms with Crippen LogP contribution in [0.4, 0.5) is 5.69 Å². The molecule has 0 radical (unpaired) electrons. The molecule has 0 atom stereocenters. The van der Waals surface area contributed by atoms with E-state index < -0.39 is 5.97 Å². The van der Waals surface area contributed by atoms with Gasteiger partial charge < -0.3 is 15.2 Å². The lowest BCUT2D eigenvalue weighted by atomic mass is 10.1. The van der Waals surface area contributed by atoms with Crippen LogP contribution in [0.25, 0.3) is 0 Å². The van der Waals surface area contributed by atoms with Crippen molar-refractivity contribution >= 4 is 29.2 Å². The fourth-order valence-corrected chi connectivity index (χ4v) is 2.96. The Morgan fingerprint density at radius 1 is 0.897 bits per heavy atom. The number of hydrogen-bond acceptors (Lipinski definition) is 3. The molecule has 0 aliphatic heterocycles. The molecule has 2 N–H and O–H groups in total. The van der Waals surface area contributed by atoms with Crippen molar-refractivity contribution < 1.29 is 19.4 Å². The molecule has 1 amide bonds. The van der Waals surface area contributed by atoms with Crippen LogP contribution in [0, 0.1) is 0 Å². The highest BCUT2D eigenvalue weighted by molar-refractivity contribution is 6.30. The molecule has 148 valence electrons. The molecule has 0 fully saturated rings. The maximum atomic E-state index is 12.4. The largest absolute Gasteiger partial charge is 0.489 e. The number of carbonyl (C=O) groups is 2. The summed E-state index contributed by atoms with van der Waals surface area (Å²) in [7, 11) is 0. The fraction of sp³-hybridized carbons (Fsp3) is 0.130. The van der Waals surface area contributed by atoms with Gasteiger partial charge in [0.25, 0.3) is 0 Å². The van der Waals surface area contributed by atoms with Crippen molar-refractivity contribution in [1.29, 1.82) is 0 Å². The third-order valence-corrected chi connectivity index (χ3v) is 4.47. The molecule has 0 aromatic heterocycles. The lowest BCUT2D eigenvalue weighted by Gasteiger charge is -2.11. The van der Waals surface area contributed by atoms with Gasteiger partial charge in [-0.15, -0.1) is 0 Å². The zero-order chi connectivity index (χ0) is 20.6. The van der Waals surface area contributed by atoms with E-state index in [1.807, 2.05) is 48.5 Å².